The van der Waals surface area contributed by atoms with Crippen LogP contribution in [-0.2, 0) is 19.4 Å². The molecular formula is C20H24NO4+. The van der Waals surface area contributed by atoms with Crippen molar-refractivity contribution in [3.63, 3.8) is 0 Å². The number of phenols is 2. The van der Waals surface area contributed by atoms with Crippen LogP contribution in [0.1, 0.15) is 28.3 Å². The summed E-state index contributed by atoms with van der Waals surface area (Å²) in [5.41, 5.74) is 4.82. The van der Waals surface area contributed by atoms with Gasteiger partial charge in [0.25, 0.3) is 0 Å². The number of phenolic OH excluding ortho intramolecular Hbond substituents is 2. The predicted octanol–water partition coefficient (Wildman–Crippen LogP) is 2.92. The molecule has 2 atom stereocenters. The highest BCUT2D eigenvalue weighted by Gasteiger charge is 2.43. The fraction of sp³-hybridized carbons (Fsp3) is 0.400. The number of quaternary nitrogens is 1. The first-order valence-corrected chi connectivity index (χ1v) is 8.58. The van der Waals surface area contributed by atoms with Gasteiger partial charge in [0.15, 0.2) is 23.0 Å². The van der Waals surface area contributed by atoms with E-state index in [9.17, 15) is 10.2 Å². The van der Waals surface area contributed by atoms with E-state index in [-0.39, 0.29) is 17.5 Å². The van der Waals surface area contributed by atoms with Crippen molar-refractivity contribution in [2.24, 2.45) is 0 Å². The minimum Gasteiger partial charge on any atom is -0.504 e. The maximum absolute atomic E-state index is 10.3. The van der Waals surface area contributed by atoms with Crippen LogP contribution in [0.2, 0.25) is 0 Å². The number of methoxy groups -OCH3 is 2. The molecule has 2 aromatic rings. The summed E-state index contributed by atoms with van der Waals surface area (Å²) in [5, 5.41) is 20.4. The summed E-state index contributed by atoms with van der Waals surface area (Å²) in [5.74, 6) is 1.45. The first kappa shape index (κ1) is 16.1. The van der Waals surface area contributed by atoms with Gasteiger partial charge in [-0.1, -0.05) is 0 Å². The second-order valence-electron chi connectivity index (χ2n) is 7.35. The average molecular weight is 342 g/mol. The Morgan fingerprint density at radius 3 is 2.24 bits per heavy atom. The summed E-state index contributed by atoms with van der Waals surface area (Å²) in [6, 6.07) is 7.89. The monoisotopic (exact) mass is 342 g/mol. The minimum atomic E-state index is 0.186. The SMILES string of the molecule is COc1cc2c(cc1O)C[C@H]1c3cc(O)c(OC)cc3CC[N+]1(C)C2. The van der Waals surface area contributed by atoms with E-state index in [0.29, 0.717) is 11.5 Å². The van der Waals surface area contributed by atoms with E-state index in [1.807, 2.05) is 24.3 Å². The van der Waals surface area contributed by atoms with Crippen LogP contribution in [0.15, 0.2) is 24.3 Å². The Bertz CT molecular complexity index is 848. The molecule has 0 saturated carbocycles. The zero-order valence-electron chi connectivity index (χ0n) is 14.9. The summed E-state index contributed by atoms with van der Waals surface area (Å²) in [7, 11) is 5.44. The third-order valence-corrected chi connectivity index (χ3v) is 5.89. The van der Waals surface area contributed by atoms with E-state index in [1.165, 1.54) is 16.7 Å². The number of ether oxygens (including phenoxy) is 2. The molecular weight excluding hydrogens is 318 g/mol. The molecule has 2 aliphatic heterocycles. The van der Waals surface area contributed by atoms with Crippen LogP contribution >= 0.6 is 0 Å². The number of likely N-dealkylation sites (N-methyl/N-ethyl adjacent to an activating group) is 1. The third-order valence-electron chi connectivity index (χ3n) is 5.89. The van der Waals surface area contributed by atoms with Crippen LogP contribution in [0.25, 0.3) is 0 Å². The summed E-state index contributed by atoms with van der Waals surface area (Å²) in [6.07, 6.45) is 1.80. The highest BCUT2D eigenvalue weighted by Crippen LogP contribution is 2.47. The fourth-order valence-corrected chi connectivity index (χ4v) is 4.46. The Morgan fingerprint density at radius 2 is 1.56 bits per heavy atom. The van der Waals surface area contributed by atoms with Gasteiger partial charge in [0.2, 0.25) is 0 Å². The molecule has 0 aliphatic carbocycles. The second kappa shape index (κ2) is 5.56. The zero-order valence-corrected chi connectivity index (χ0v) is 14.9. The van der Waals surface area contributed by atoms with Crippen molar-refractivity contribution in [1.82, 2.24) is 0 Å². The maximum atomic E-state index is 10.3. The van der Waals surface area contributed by atoms with E-state index >= 15 is 0 Å². The molecule has 5 heteroatoms. The zero-order chi connectivity index (χ0) is 17.8. The number of fused-ring (bicyclic) bond motifs is 4. The normalized spacial score (nSPS) is 24.0. The third kappa shape index (κ3) is 2.42. The molecule has 2 aromatic carbocycles. The largest absolute Gasteiger partial charge is 0.504 e. The van der Waals surface area contributed by atoms with Crippen LogP contribution in [0.3, 0.4) is 0 Å². The van der Waals surface area contributed by atoms with Crippen LogP contribution in [0.5, 0.6) is 23.0 Å². The Morgan fingerprint density at radius 1 is 0.920 bits per heavy atom. The van der Waals surface area contributed by atoms with Gasteiger partial charge in [-0.3, -0.25) is 0 Å². The minimum absolute atomic E-state index is 0.186. The molecule has 2 heterocycles. The van der Waals surface area contributed by atoms with Crippen LogP contribution in [0, 0.1) is 0 Å². The van der Waals surface area contributed by atoms with Gasteiger partial charge in [0, 0.05) is 24.0 Å². The molecule has 25 heavy (non-hydrogen) atoms. The molecule has 0 bridgehead atoms. The van der Waals surface area contributed by atoms with Crippen LogP contribution in [-0.4, -0.2) is 42.5 Å². The molecule has 5 nitrogen and oxygen atoms in total. The summed E-state index contributed by atoms with van der Waals surface area (Å²) >= 11 is 0. The molecule has 132 valence electrons. The van der Waals surface area contributed by atoms with Crippen molar-refractivity contribution in [2.75, 3.05) is 27.8 Å². The molecule has 1 unspecified atom stereocenters. The number of hydrogen-bond donors (Lipinski definition) is 2. The Kier molecular flexibility index (Phi) is 3.58. The van der Waals surface area contributed by atoms with Crippen LogP contribution in [0.4, 0.5) is 0 Å². The van der Waals surface area contributed by atoms with E-state index < -0.39 is 0 Å². The van der Waals surface area contributed by atoms with Gasteiger partial charge in [-0.15, -0.1) is 0 Å². The van der Waals surface area contributed by atoms with Gasteiger partial charge < -0.3 is 24.2 Å². The van der Waals surface area contributed by atoms with Crippen molar-refractivity contribution < 1.29 is 24.2 Å². The molecule has 0 radical (unpaired) electrons. The highest BCUT2D eigenvalue weighted by atomic mass is 16.5. The lowest BCUT2D eigenvalue weighted by Crippen LogP contribution is -2.53. The smallest absolute Gasteiger partial charge is 0.160 e. The maximum Gasteiger partial charge on any atom is 0.160 e. The van der Waals surface area contributed by atoms with Crippen LogP contribution < -0.4 is 9.47 Å². The fourth-order valence-electron chi connectivity index (χ4n) is 4.46. The first-order chi connectivity index (χ1) is 11.9. The van der Waals surface area contributed by atoms with Crippen molar-refractivity contribution >= 4 is 0 Å². The number of nitrogens with zero attached hydrogens (tertiary/aromatic N) is 1. The molecule has 2 aliphatic rings. The average Bonchev–Trinajstić information content (AvgIpc) is 2.59. The summed E-state index contributed by atoms with van der Waals surface area (Å²) in [4.78, 5) is 0. The molecule has 0 amide bonds. The van der Waals surface area contributed by atoms with Gasteiger partial charge in [0.1, 0.15) is 12.6 Å². The van der Waals surface area contributed by atoms with Crippen molar-refractivity contribution in [2.45, 2.75) is 25.4 Å². The standard InChI is InChI=1S/C20H23NO4/c1-21-5-4-12-8-19(24-2)18(23)10-15(12)16(21)6-13-7-17(22)20(25-3)9-14(13)11-21/h7-10,16H,4-6,11H2,1-3H3,(H-,22,23)/p+1/t16-,21?/m0/s1. The van der Waals surface area contributed by atoms with Gasteiger partial charge in [-0.25, -0.2) is 0 Å². The van der Waals surface area contributed by atoms with Crippen molar-refractivity contribution in [3.8, 4) is 23.0 Å². The first-order valence-electron chi connectivity index (χ1n) is 8.58. The Balaban J connectivity index is 1.81. The number of benzene rings is 2. The highest BCUT2D eigenvalue weighted by molar-refractivity contribution is 5.51. The number of rotatable bonds is 2. The van der Waals surface area contributed by atoms with Gasteiger partial charge in [-0.05, 0) is 35.4 Å². The second-order valence-corrected chi connectivity index (χ2v) is 7.35. The molecule has 2 N–H and O–H groups in total. The Hall–Kier alpha value is -2.40. The van der Waals surface area contributed by atoms with Gasteiger partial charge >= 0.3 is 0 Å². The lowest BCUT2D eigenvalue weighted by Gasteiger charge is -2.49. The topological polar surface area (TPSA) is 58.9 Å². The molecule has 4 rings (SSSR count). The summed E-state index contributed by atoms with van der Waals surface area (Å²) in [6.45, 7) is 1.93. The van der Waals surface area contributed by atoms with E-state index in [0.717, 1.165) is 36.0 Å². The quantitative estimate of drug-likeness (QED) is 0.824. The van der Waals surface area contributed by atoms with Gasteiger partial charge in [0.05, 0.1) is 27.8 Å². The number of hydrogen-bond acceptors (Lipinski definition) is 4. The van der Waals surface area contributed by atoms with E-state index in [1.54, 1.807) is 14.2 Å². The van der Waals surface area contributed by atoms with E-state index in [4.69, 9.17) is 9.47 Å². The molecule has 0 spiro atoms. The predicted molar refractivity (Wildman–Crippen MR) is 94.2 cm³/mol. The lowest BCUT2D eigenvalue weighted by molar-refractivity contribution is -0.956. The molecule has 0 saturated heterocycles. The summed E-state index contributed by atoms with van der Waals surface area (Å²) < 4.78 is 11.4. The van der Waals surface area contributed by atoms with Crippen molar-refractivity contribution in [1.29, 1.82) is 0 Å². The molecule has 0 aromatic heterocycles. The molecule has 0 fully saturated rings. The van der Waals surface area contributed by atoms with Gasteiger partial charge in [-0.2, -0.15) is 0 Å². The van der Waals surface area contributed by atoms with E-state index in [2.05, 4.69) is 7.05 Å². The number of aromatic hydroxyl groups is 2. The van der Waals surface area contributed by atoms with Crippen molar-refractivity contribution in [3.05, 3.63) is 46.5 Å². The Labute approximate surface area is 147 Å². The lowest BCUT2D eigenvalue weighted by atomic mass is 9.81.